The SMILES string of the molecule is CN1CCN(c2ncccc2CNC(=O)c2cc3cccc(Br)c3o2)CC1. The summed E-state index contributed by atoms with van der Waals surface area (Å²) in [6.07, 6.45) is 1.80. The Bertz CT molecular complexity index is 964. The van der Waals surface area contributed by atoms with Crippen LogP contribution in [-0.4, -0.2) is 49.0 Å². The zero-order valence-electron chi connectivity index (χ0n) is 15.1. The first kappa shape index (κ1) is 18.0. The van der Waals surface area contributed by atoms with Crippen LogP contribution in [0.5, 0.6) is 0 Å². The average Bonchev–Trinajstić information content (AvgIpc) is 3.13. The second-order valence-electron chi connectivity index (χ2n) is 6.73. The van der Waals surface area contributed by atoms with Gasteiger partial charge in [-0.05, 0) is 41.2 Å². The van der Waals surface area contributed by atoms with Gasteiger partial charge in [0.2, 0.25) is 0 Å². The number of rotatable bonds is 4. The van der Waals surface area contributed by atoms with E-state index in [4.69, 9.17) is 4.42 Å². The summed E-state index contributed by atoms with van der Waals surface area (Å²) in [4.78, 5) is 21.7. The molecule has 1 aliphatic rings. The maximum atomic E-state index is 12.6. The molecule has 1 saturated heterocycles. The lowest BCUT2D eigenvalue weighted by Crippen LogP contribution is -2.45. The Labute approximate surface area is 166 Å². The molecular formula is C20H21BrN4O2. The first-order chi connectivity index (χ1) is 13.1. The Hall–Kier alpha value is -2.38. The molecule has 7 heteroatoms. The maximum Gasteiger partial charge on any atom is 0.287 e. The van der Waals surface area contributed by atoms with Gasteiger partial charge in [-0.1, -0.05) is 18.2 Å². The predicted molar refractivity (Wildman–Crippen MR) is 109 cm³/mol. The van der Waals surface area contributed by atoms with Crippen LogP contribution in [0.15, 0.2) is 51.5 Å². The van der Waals surface area contributed by atoms with E-state index in [0.29, 0.717) is 17.9 Å². The Morgan fingerprint density at radius 2 is 2.04 bits per heavy atom. The second-order valence-corrected chi connectivity index (χ2v) is 7.58. The number of aromatic nitrogens is 1. The molecule has 1 N–H and O–H groups in total. The number of fused-ring (bicyclic) bond motifs is 1. The lowest BCUT2D eigenvalue weighted by atomic mass is 10.2. The normalized spacial score (nSPS) is 15.3. The second kappa shape index (κ2) is 7.70. The molecule has 0 unspecified atom stereocenters. The summed E-state index contributed by atoms with van der Waals surface area (Å²) in [5.74, 6) is 1.02. The summed E-state index contributed by atoms with van der Waals surface area (Å²) >= 11 is 3.45. The van der Waals surface area contributed by atoms with Crippen LogP contribution >= 0.6 is 15.9 Å². The summed E-state index contributed by atoms with van der Waals surface area (Å²) in [6, 6.07) is 11.4. The first-order valence-electron chi connectivity index (χ1n) is 8.95. The lowest BCUT2D eigenvalue weighted by Gasteiger charge is -2.34. The number of carbonyl (C=O) groups excluding carboxylic acids is 1. The van der Waals surface area contributed by atoms with E-state index >= 15 is 0 Å². The van der Waals surface area contributed by atoms with E-state index in [1.807, 2.05) is 30.3 Å². The van der Waals surface area contributed by atoms with Gasteiger partial charge in [0.1, 0.15) is 11.4 Å². The Morgan fingerprint density at radius 1 is 1.22 bits per heavy atom. The third-order valence-corrected chi connectivity index (χ3v) is 5.45. The molecule has 0 saturated carbocycles. The minimum Gasteiger partial charge on any atom is -0.450 e. The summed E-state index contributed by atoms with van der Waals surface area (Å²) in [6.45, 7) is 4.30. The van der Waals surface area contributed by atoms with Crippen molar-refractivity contribution in [2.45, 2.75) is 6.54 Å². The van der Waals surface area contributed by atoms with Crippen LogP contribution in [0.4, 0.5) is 5.82 Å². The fourth-order valence-corrected chi connectivity index (χ4v) is 3.74. The highest BCUT2D eigenvalue weighted by molar-refractivity contribution is 9.10. The van der Waals surface area contributed by atoms with Crippen LogP contribution in [-0.2, 0) is 6.54 Å². The lowest BCUT2D eigenvalue weighted by molar-refractivity contribution is 0.0925. The molecule has 1 amide bonds. The number of pyridine rings is 1. The Balaban J connectivity index is 1.48. The molecule has 1 aliphatic heterocycles. The number of anilines is 1. The van der Waals surface area contributed by atoms with E-state index in [0.717, 1.165) is 47.4 Å². The number of hydrogen-bond acceptors (Lipinski definition) is 5. The van der Waals surface area contributed by atoms with Crippen molar-refractivity contribution in [3.05, 3.63) is 58.4 Å². The summed E-state index contributed by atoms with van der Waals surface area (Å²) in [7, 11) is 2.13. The monoisotopic (exact) mass is 428 g/mol. The van der Waals surface area contributed by atoms with Gasteiger partial charge in [-0.15, -0.1) is 0 Å². The molecule has 4 rings (SSSR count). The Kier molecular flexibility index (Phi) is 5.13. The van der Waals surface area contributed by atoms with Crippen LogP contribution in [0, 0.1) is 0 Å². The predicted octanol–water partition coefficient (Wildman–Crippen LogP) is 3.27. The van der Waals surface area contributed by atoms with E-state index in [1.54, 1.807) is 12.3 Å². The van der Waals surface area contributed by atoms with Crippen LogP contribution in [0.3, 0.4) is 0 Å². The van der Waals surface area contributed by atoms with Crippen LogP contribution < -0.4 is 10.2 Å². The van der Waals surface area contributed by atoms with E-state index in [9.17, 15) is 4.79 Å². The van der Waals surface area contributed by atoms with Crippen molar-refractivity contribution in [3.8, 4) is 0 Å². The van der Waals surface area contributed by atoms with Gasteiger partial charge in [-0.3, -0.25) is 4.79 Å². The topological polar surface area (TPSA) is 61.6 Å². The van der Waals surface area contributed by atoms with Crippen molar-refractivity contribution in [1.82, 2.24) is 15.2 Å². The van der Waals surface area contributed by atoms with Gasteiger partial charge in [-0.25, -0.2) is 4.98 Å². The fourth-order valence-electron chi connectivity index (χ4n) is 3.27. The number of carbonyl (C=O) groups is 1. The van der Waals surface area contributed by atoms with E-state index in [1.165, 1.54) is 0 Å². The quantitative estimate of drug-likeness (QED) is 0.690. The number of nitrogens with zero attached hydrogens (tertiary/aromatic N) is 3. The molecule has 0 bridgehead atoms. The average molecular weight is 429 g/mol. The van der Waals surface area contributed by atoms with Crippen molar-refractivity contribution in [2.24, 2.45) is 0 Å². The number of benzene rings is 1. The van der Waals surface area contributed by atoms with Gasteiger partial charge in [0.15, 0.2) is 5.76 Å². The molecular weight excluding hydrogens is 408 g/mol. The zero-order valence-corrected chi connectivity index (χ0v) is 16.7. The molecule has 0 radical (unpaired) electrons. The van der Waals surface area contributed by atoms with Gasteiger partial charge in [0.25, 0.3) is 5.91 Å². The van der Waals surface area contributed by atoms with Crippen molar-refractivity contribution in [2.75, 3.05) is 38.1 Å². The van der Waals surface area contributed by atoms with Crippen LogP contribution in [0.1, 0.15) is 16.1 Å². The number of furan rings is 1. The van der Waals surface area contributed by atoms with Gasteiger partial charge in [0, 0.05) is 49.9 Å². The molecule has 3 heterocycles. The number of hydrogen-bond donors (Lipinski definition) is 1. The zero-order chi connectivity index (χ0) is 18.8. The number of halogens is 1. The highest BCUT2D eigenvalue weighted by atomic mass is 79.9. The minimum atomic E-state index is -0.230. The number of piperazine rings is 1. The van der Waals surface area contributed by atoms with Gasteiger partial charge >= 0.3 is 0 Å². The molecule has 3 aromatic rings. The highest BCUT2D eigenvalue weighted by Gasteiger charge is 2.19. The smallest absolute Gasteiger partial charge is 0.287 e. The van der Waals surface area contributed by atoms with Crippen molar-refractivity contribution in [3.63, 3.8) is 0 Å². The molecule has 1 aromatic carbocycles. The third kappa shape index (κ3) is 3.84. The minimum absolute atomic E-state index is 0.230. The molecule has 1 fully saturated rings. The maximum absolute atomic E-state index is 12.6. The highest BCUT2D eigenvalue weighted by Crippen LogP contribution is 2.27. The first-order valence-corrected chi connectivity index (χ1v) is 9.75. The van der Waals surface area contributed by atoms with Gasteiger partial charge in [-0.2, -0.15) is 0 Å². The van der Waals surface area contributed by atoms with Crippen LogP contribution in [0.2, 0.25) is 0 Å². The summed E-state index contributed by atoms with van der Waals surface area (Å²) < 4.78 is 6.55. The number of amides is 1. The number of nitrogens with one attached hydrogen (secondary N) is 1. The van der Waals surface area contributed by atoms with Gasteiger partial charge in [0.05, 0.1) is 4.47 Å². The van der Waals surface area contributed by atoms with Crippen molar-refractivity contribution < 1.29 is 9.21 Å². The van der Waals surface area contributed by atoms with Crippen molar-refractivity contribution in [1.29, 1.82) is 0 Å². The van der Waals surface area contributed by atoms with Crippen molar-refractivity contribution >= 4 is 38.6 Å². The number of para-hydroxylation sites is 1. The van der Waals surface area contributed by atoms with Crippen LogP contribution in [0.25, 0.3) is 11.0 Å². The standard InChI is InChI=1S/C20H21BrN4O2/c1-24-8-10-25(11-9-24)19-15(5-3-7-22-19)13-23-20(26)17-12-14-4-2-6-16(21)18(14)27-17/h2-7,12H,8-11,13H2,1H3,(H,23,26). The third-order valence-electron chi connectivity index (χ3n) is 4.83. The molecule has 6 nitrogen and oxygen atoms in total. The molecule has 27 heavy (non-hydrogen) atoms. The van der Waals surface area contributed by atoms with Gasteiger partial charge < -0.3 is 19.5 Å². The molecule has 2 aromatic heterocycles. The molecule has 0 atom stereocenters. The van der Waals surface area contributed by atoms with E-state index in [2.05, 4.69) is 43.1 Å². The van der Waals surface area contributed by atoms with E-state index < -0.39 is 0 Å². The molecule has 140 valence electrons. The largest absolute Gasteiger partial charge is 0.450 e. The number of likely N-dealkylation sites (N-methyl/N-ethyl adjacent to an activating group) is 1. The fraction of sp³-hybridized carbons (Fsp3) is 0.300. The molecule has 0 aliphatic carbocycles. The summed E-state index contributed by atoms with van der Waals surface area (Å²) in [5.41, 5.74) is 1.69. The van der Waals surface area contributed by atoms with E-state index in [-0.39, 0.29) is 5.91 Å². The molecule has 0 spiro atoms. The summed E-state index contributed by atoms with van der Waals surface area (Å²) in [5, 5.41) is 3.86. The Morgan fingerprint density at radius 3 is 2.81 bits per heavy atom.